The fourth-order valence-electron chi connectivity index (χ4n) is 2.01. The van der Waals surface area contributed by atoms with Gasteiger partial charge in [-0.3, -0.25) is 4.79 Å². The number of aromatic nitrogens is 1. The van der Waals surface area contributed by atoms with E-state index < -0.39 is 15.4 Å². The monoisotopic (exact) mass is 355 g/mol. The van der Waals surface area contributed by atoms with E-state index in [1.807, 2.05) is 32.3 Å². The molecule has 8 heteroatoms. The van der Waals surface area contributed by atoms with E-state index in [-0.39, 0.29) is 10.8 Å². The summed E-state index contributed by atoms with van der Waals surface area (Å²) < 4.78 is 25.7. The highest BCUT2D eigenvalue weighted by atomic mass is 32.2. The summed E-state index contributed by atoms with van der Waals surface area (Å²) in [5.41, 5.74) is 0.288. The van der Waals surface area contributed by atoms with E-state index in [0.29, 0.717) is 11.3 Å². The summed E-state index contributed by atoms with van der Waals surface area (Å²) >= 11 is 1.29. The molecule has 0 fully saturated rings. The Morgan fingerprint density at radius 1 is 1.35 bits per heavy atom. The summed E-state index contributed by atoms with van der Waals surface area (Å²) in [4.78, 5) is 17.1. The smallest absolute Gasteiger partial charge is 0.253 e. The van der Waals surface area contributed by atoms with Gasteiger partial charge in [-0.2, -0.15) is 4.99 Å². The molecule has 0 spiro atoms. The first kappa shape index (κ1) is 17.8. The molecule has 6 nitrogen and oxygen atoms in total. The molecule has 1 heterocycles. The molecule has 23 heavy (non-hydrogen) atoms. The van der Waals surface area contributed by atoms with Crippen molar-refractivity contribution in [1.82, 2.24) is 4.57 Å². The number of hydrogen-bond acceptors (Lipinski definition) is 4. The van der Waals surface area contributed by atoms with Crippen LogP contribution in [0.4, 0.5) is 0 Å². The Bertz CT molecular complexity index is 916. The highest BCUT2D eigenvalue weighted by molar-refractivity contribution is 7.89. The predicted molar refractivity (Wildman–Crippen MR) is 91.5 cm³/mol. The average molecular weight is 355 g/mol. The van der Waals surface area contributed by atoms with Gasteiger partial charge in [-0.25, -0.2) is 13.6 Å². The van der Waals surface area contributed by atoms with Crippen LogP contribution in [0.25, 0.3) is 10.2 Å². The molecule has 0 aliphatic heterocycles. The number of nitrogens with zero attached hydrogens (tertiary/aromatic N) is 2. The van der Waals surface area contributed by atoms with E-state index in [1.165, 1.54) is 23.5 Å². The van der Waals surface area contributed by atoms with Crippen LogP contribution in [-0.2, 0) is 21.4 Å². The predicted octanol–water partition coefficient (Wildman–Crippen LogP) is 2.23. The summed E-state index contributed by atoms with van der Waals surface area (Å²) in [6, 6.07) is 4.72. The minimum absolute atomic E-state index is 0.0589. The lowest BCUT2D eigenvalue weighted by molar-refractivity contribution is -0.125. The van der Waals surface area contributed by atoms with Crippen molar-refractivity contribution < 1.29 is 13.2 Å². The van der Waals surface area contributed by atoms with Crippen molar-refractivity contribution in [2.75, 3.05) is 0 Å². The molecule has 2 rings (SSSR count). The molecule has 126 valence electrons. The molecule has 0 radical (unpaired) electrons. The summed E-state index contributed by atoms with van der Waals surface area (Å²) in [6.45, 7) is 8.18. The molecule has 2 aromatic rings. The van der Waals surface area contributed by atoms with Crippen LogP contribution in [-0.4, -0.2) is 18.9 Å². The standard InChI is InChI=1S/C15H21N3O3S2/c1-5-8-18-11-7-6-10(23(16,20)21)9-12(11)22-14(18)17-13(19)15(2,3)4/h6-7,9H,5,8H2,1-4H3,(H2,16,20,21). The molecule has 0 atom stereocenters. The zero-order chi connectivity index (χ0) is 17.4. The largest absolute Gasteiger partial charge is 0.316 e. The molecule has 0 aliphatic rings. The zero-order valence-electron chi connectivity index (χ0n) is 13.7. The Labute approximate surface area is 139 Å². The number of sulfonamides is 1. The van der Waals surface area contributed by atoms with Gasteiger partial charge in [0.2, 0.25) is 10.0 Å². The molecule has 0 aliphatic carbocycles. The lowest BCUT2D eigenvalue weighted by Gasteiger charge is -2.11. The highest BCUT2D eigenvalue weighted by Crippen LogP contribution is 2.22. The summed E-state index contributed by atoms with van der Waals surface area (Å²) in [5, 5.41) is 5.18. The summed E-state index contributed by atoms with van der Waals surface area (Å²) in [5.74, 6) is -0.208. The van der Waals surface area contributed by atoms with E-state index in [9.17, 15) is 13.2 Å². The van der Waals surface area contributed by atoms with Gasteiger partial charge in [0.15, 0.2) is 4.80 Å². The van der Waals surface area contributed by atoms with Gasteiger partial charge in [0, 0.05) is 12.0 Å². The Balaban J connectivity index is 2.72. The van der Waals surface area contributed by atoms with Crippen molar-refractivity contribution in [3.63, 3.8) is 0 Å². The first-order valence-electron chi connectivity index (χ1n) is 7.29. The molecule has 0 unspecified atom stereocenters. The fourth-order valence-corrected chi connectivity index (χ4v) is 3.72. The third-order valence-electron chi connectivity index (χ3n) is 3.27. The van der Waals surface area contributed by atoms with Gasteiger partial charge in [-0.05, 0) is 24.6 Å². The van der Waals surface area contributed by atoms with E-state index in [1.54, 1.807) is 6.07 Å². The van der Waals surface area contributed by atoms with E-state index in [0.717, 1.165) is 16.6 Å². The number of aryl methyl sites for hydroxylation is 1. The van der Waals surface area contributed by atoms with E-state index in [2.05, 4.69) is 4.99 Å². The van der Waals surface area contributed by atoms with E-state index in [4.69, 9.17) is 5.14 Å². The Kier molecular flexibility index (Phi) is 4.79. The van der Waals surface area contributed by atoms with Crippen LogP contribution in [0.5, 0.6) is 0 Å². The minimum Gasteiger partial charge on any atom is -0.316 e. The number of rotatable bonds is 3. The maximum absolute atomic E-state index is 12.2. The van der Waals surface area contributed by atoms with Crippen molar-refractivity contribution in [2.24, 2.45) is 15.5 Å². The zero-order valence-corrected chi connectivity index (χ0v) is 15.3. The first-order chi connectivity index (χ1) is 10.5. The average Bonchev–Trinajstić information content (AvgIpc) is 2.74. The highest BCUT2D eigenvalue weighted by Gasteiger charge is 2.21. The lowest BCUT2D eigenvalue weighted by Crippen LogP contribution is -2.23. The Hall–Kier alpha value is -1.51. The Morgan fingerprint density at radius 2 is 2.00 bits per heavy atom. The maximum Gasteiger partial charge on any atom is 0.253 e. The van der Waals surface area contributed by atoms with Crippen molar-refractivity contribution in [3.05, 3.63) is 23.0 Å². The van der Waals surface area contributed by atoms with Crippen LogP contribution in [0.2, 0.25) is 0 Å². The summed E-state index contributed by atoms with van der Waals surface area (Å²) in [7, 11) is -3.76. The molecular formula is C15H21N3O3S2. The molecule has 0 bridgehead atoms. The third kappa shape index (κ3) is 3.88. The number of nitrogens with two attached hydrogens (primary N) is 1. The SMILES string of the molecule is CCCn1c(=NC(=O)C(C)(C)C)sc2cc(S(N)(=O)=O)ccc21. The number of fused-ring (bicyclic) bond motifs is 1. The van der Waals surface area contributed by atoms with Crippen molar-refractivity contribution in [1.29, 1.82) is 0 Å². The van der Waals surface area contributed by atoms with Crippen LogP contribution in [0, 0.1) is 5.41 Å². The molecule has 1 amide bonds. The molecule has 1 aromatic heterocycles. The quantitative estimate of drug-likeness (QED) is 0.914. The van der Waals surface area contributed by atoms with Gasteiger partial charge in [0.1, 0.15) is 0 Å². The topological polar surface area (TPSA) is 94.5 Å². The van der Waals surface area contributed by atoms with Crippen molar-refractivity contribution in [2.45, 2.75) is 45.6 Å². The number of primary sulfonamides is 1. The second-order valence-corrected chi connectivity index (χ2v) is 8.95. The van der Waals surface area contributed by atoms with Gasteiger partial charge in [0.05, 0.1) is 15.1 Å². The van der Waals surface area contributed by atoms with Crippen LogP contribution in [0.3, 0.4) is 0 Å². The van der Waals surface area contributed by atoms with Gasteiger partial charge in [-0.15, -0.1) is 0 Å². The van der Waals surface area contributed by atoms with Crippen LogP contribution < -0.4 is 9.94 Å². The lowest BCUT2D eigenvalue weighted by atomic mass is 9.96. The molecular weight excluding hydrogens is 334 g/mol. The van der Waals surface area contributed by atoms with Gasteiger partial charge >= 0.3 is 0 Å². The van der Waals surface area contributed by atoms with Crippen LogP contribution >= 0.6 is 11.3 Å². The van der Waals surface area contributed by atoms with Crippen molar-refractivity contribution in [3.8, 4) is 0 Å². The third-order valence-corrected chi connectivity index (χ3v) is 5.22. The number of benzene rings is 1. The minimum atomic E-state index is -3.76. The molecule has 0 saturated heterocycles. The van der Waals surface area contributed by atoms with Gasteiger partial charge in [0.25, 0.3) is 5.91 Å². The number of thiazole rings is 1. The van der Waals surface area contributed by atoms with E-state index >= 15 is 0 Å². The first-order valence-corrected chi connectivity index (χ1v) is 9.65. The number of hydrogen-bond donors (Lipinski definition) is 1. The number of amides is 1. The molecule has 2 N–H and O–H groups in total. The second kappa shape index (κ2) is 6.18. The van der Waals surface area contributed by atoms with Gasteiger partial charge in [-0.1, -0.05) is 39.0 Å². The van der Waals surface area contributed by atoms with Crippen LogP contribution in [0.15, 0.2) is 28.1 Å². The Morgan fingerprint density at radius 3 is 2.52 bits per heavy atom. The second-order valence-electron chi connectivity index (χ2n) is 6.38. The number of carbonyl (C=O) groups excluding carboxylic acids is 1. The number of carbonyl (C=O) groups is 1. The molecule has 0 saturated carbocycles. The maximum atomic E-state index is 12.2. The summed E-state index contributed by atoms with van der Waals surface area (Å²) in [6.07, 6.45) is 0.875. The molecule has 1 aromatic carbocycles. The normalized spacial score (nSPS) is 13.7. The fraction of sp³-hybridized carbons (Fsp3) is 0.467. The van der Waals surface area contributed by atoms with Crippen molar-refractivity contribution >= 4 is 37.5 Å². The van der Waals surface area contributed by atoms with Gasteiger partial charge < -0.3 is 4.57 Å². The van der Waals surface area contributed by atoms with Crippen LogP contribution in [0.1, 0.15) is 34.1 Å².